The molecule has 1 aromatic heterocycles. The van der Waals surface area contributed by atoms with Gasteiger partial charge in [0.15, 0.2) is 0 Å². The van der Waals surface area contributed by atoms with Crippen molar-refractivity contribution in [2.75, 3.05) is 5.32 Å². The number of H-pyrrole nitrogens is 1. The number of carbonyl (C=O) groups excluding carboxylic acids is 1. The molecule has 3 rings (SSSR count). The number of rotatable bonds is 3. The van der Waals surface area contributed by atoms with Crippen LogP contribution in [0.2, 0.25) is 5.02 Å². The topological polar surface area (TPSA) is 57.8 Å². The van der Waals surface area contributed by atoms with Crippen molar-refractivity contribution in [1.82, 2.24) is 10.2 Å². The van der Waals surface area contributed by atoms with Crippen molar-refractivity contribution in [2.45, 2.75) is 31.1 Å². The van der Waals surface area contributed by atoms with Gasteiger partial charge in [0.1, 0.15) is 5.82 Å². The maximum absolute atomic E-state index is 12.9. The van der Waals surface area contributed by atoms with Gasteiger partial charge in [0.25, 0.3) is 0 Å². The molecule has 0 bridgehead atoms. The maximum Gasteiger partial charge on any atom is 0.236 e. The highest BCUT2D eigenvalue weighted by Gasteiger charge is 2.42. The Morgan fingerprint density at radius 1 is 1.29 bits per heavy atom. The van der Waals surface area contributed by atoms with Crippen molar-refractivity contribution in [1.29, 1.82) is 0 Å². The highest BCUT2D eigenvalue weighted by atomic mass is 79.9. The van der Waals surface area contributed by atoms with Gasteiger partial charge in [-0.3, -0.25) is 9.89 Å². The average Bonchev–Trinajstić information content (AvgIpc) is 3.10. The van der Waals surface area contributed by atoms with E-state index in [2.05, 4.69) is 31.4 Å². The fourth-order valence-corrected chi connectivity index (χ4v) is 3.40. The van der Waals surface area contributed by atoms with E-state index in [-0.39, 0.29) is 5.91 Å². The summed E-state index contributed by atoms with van der Waals surface area (Å²) in [5.41, 5.74) is 0.548. The van der Waals surface area contributed by atoms with Gasteiger partial charge in [-0.25, -0.2) is 0 Å². The third kappa shape index (κ3) is 2.72. The Bertz CT molecular complexity index is 647. The van der Waals surface area contributed by atoms with Crippen molar-refractivity contribution in [3.8, 4) is 0 Å². The molecule has 1 heterocycles. The molecule has 2 N–H and O–H groups in total. The summed E-state index contributed by atoms with van der Waals surface area (Å²) in [5, 5.41) is 10.3. The smallest absolute Gasteiger partial charge is 0.236 e. The molecule has 0 unspecified atom stereocenters. The summed E-state index contributed by atoms with van der Waals surface area (Å²) in [4.78, 5) is 12.9. The first-order valence-electron chi connectivity index (χ1n) is 6.88. The molecule has 2 aromatic rings. The van der Waals surface area contributed by atoms with Crippen LogP contribution < -0.4 is 5.32 Å². The Morgan fingerprint density at radius 3 is 2.52 bits per heavy atom. The number of aromatic amines is 1. The van der Waals surface area contributed by atoms with Crippen LogP contribution in [0.1, 0.15) is 31.2 Å². The molecule has 21 heavy (non-hydrogen) atoms. The third-order valence-electron chi connectivity index (χ3n) is 4.12. The molecule has 110 valence electrons. The molecule has 1 aliphatic rings. The fourth-order valence-electron chi connectivity index (χ4n) is 2.99. The summed E-state index contributed by atoms with van der Waals surface area (Å²) in [7, 11) is 0. The first kappa shape index (κ1) is 14.6. The Hall–Kier alpha value is -1.33. The molecule has 1 saturated carbocycles. The number of nitrogens with one attached hydrogen (secondary N) is 2. The van der Waals surface area contributed by atoms with E-state index in [0.717, 1.165) is 35.7 Å². The van der Waals surface area contributed by atoms with Crippen molar-refractivity contribution in [3.05, 3.63) is 45.5 Å². The Kier molecular flexibility index (Phi) is 4.04. The minimum atomic E-state index is -0.477. The number of halogens is 2. The number of hydrogen-bond acceptors (Lipinski definition) is 2. The summed E-state index contributed by atoms with van der Waals surface area (Å²) in [6.07, 6.45) is 5.44. The summed E-state index contributed by atoms with van der Waals surface area (Å²) >= 11 is 9.32. The van der Waals surface area contributed by atoms with Crippen molar-refractivity contribution in [2.24, 2.45) is 0 Å². The Morgan fingerprint density at radius 2 is 1.95 bits per heavy atom. The lowest BCUT2D eigenvalue weighted by Crippen LogP contribution is -2.38. The molecular weight excluding hydrogens is 354 g/mol. The van der Waals surface area contributed by atoms with Crippen LogP contribution in [-0.4, -0.2) is 16.1 Å². The van der Waals surface area contributed by atoms with Crippen LogP contribution in [0, 0.1) is 0 Å². The number of anilines is 1. The first-order valence-corrected chi connectivity index (χ1v) is 8.05. The normalized spacial score (nSPS) is 16.9. The van der Waals surface area contributed by atoms with Crippen LogP contribution in [0.5, 0.6) is 0 Å². The fraction of sp³-hybridized carbons (Fsp3) is 0.333. The minimum Gasteiger partial charge on any atom is -0.309 e. The van der Waals surface area contributed by atoms with E-state index in [9.17, 15) is 4.79 Å². The predicted octanol–water partition coefficient (Wildman–Crippen LogP) is 4.28. The molecule has 1 fully saturated rings. The molecule has 0 aliphatic heterocycles. The lowest BCUT2D eigenvalue weighted by molar-refractivity contribution is -0.121. The molecule has 6 heteroatoms. The van der Waals surface area contributed by atoms with Gasteiger partial charge >= 0.3 is 0 Å². The Balaban J connectivity index is 1.92. The van der Waals surface area contributed by atoms with E-state index in [0.29, 0.717) is 10.8 Å². The van der Waals surface area contributed by atoms with Crippen LogP contribution >= 0.6 is 27.5 Å². The van der Waals surface area contributed by atoms with E-state index >= 15 is 0 Å². The molecule has 1 aromatic carbocycles. The number of hydrogen-bond donors (Lipinski definition) is 2. The summed E-state index contributed by atoms with van der Waals surface area (Å²) < 4.78 is 0.750. The average molecular weight is 369 g/mol. The standard InChI is InChI=1S/C15H15BrClN3O/c16-12-9-18-20-13(12)19-14(21)15(7-1-2-8-15)10-3-5-11(17)6-4-10/h3-6,9H,1-2,7-8H2,(H2,18,19,20,21). The summed E-state index contributed by atoms with van der Waals surface area (Å²) in [5.74, 6) is 0.604. The lowest BCUT2D eigenvalue weighted by Gasteiger charge is -2.28. The van der Waals surface area contributed by atoms with E-state index in [1.165, 1.54) is 0 Å². The second kappa shape index (κ2) is 5.81. The molecule has 0 spiro atoms. The SMILES string of the molecule is O=C(Nc1[nH]ncc1Br)C1(c2ccc(Cl)cc2)CCCC1. The monoisotopic (exact) mass is 367 g/mol. The number of aromatic nitrogens is 2. The maximum atomic E-state index is 12.9. The van der Waals surface area contributed by atoms with Gasteiger partial charge in [-0.1, -0.05) is 36.6 Å². The molecule has 0 saturated heterocycles. The molecular formula is C15H15BrClN3O. The van der Waals surface area contributed by atoms with Crippen LogP contribution in [-0.2, 0) is 10.2 Å². The van der Waals surface area contributed by atoms with Gasteiger partial charge in [-0.15, -0.1) is 0 Å². The van der Waals surface area contributed by atoms with Crippen molar-refractivity contribution < 1.29 is 4.79 Å². The zero-order valence-electron chi connectivity index (χ0n) is 11.3. The first-order chi connectivity index (χ1) is 10.1. The zero-order chi connectivity index (χ0) is 14.9. The van der Waals surface area contributed by atoms with Gasteiger partial charge < -0.3 is 5.32 Å². The summed E-state index contributed by atoms with van der Waals surface area (Å²) in [6, 6.07) is 7.59. The van der Waals surface area contributed by atoms with Crippen molar-refractivity contribution >= 4 is 39.3 Å². The van der Waals surface area contributed by atoms with Crippen molar-refractivity contribution in [3.63, 3.8) is 0 Å². The molecule has 0 atom stereocenters. The van der Waals surface area contributed by atoms with Gasteiger partial charge in [0, 0.05) is 5.02 Å². The van der Waals surface area contributed by atoms with Gasteiger partial charge in [-0.05, 0) is 46.5 Å². The minimum absolute atomic E-state index is 0.00673. The van der Waals surface area contributed by atoms with E-state index in [1.54, 1.807) is 6.20 Å². The molecule has 0 radical (unpaired) electrons. The second-order valence-electron chi connectivity index (χ2n) is 5.34. The second-order valence-corrected chi connectivity index (χ2v) is 6.63. The zero-order valence-corrected chi connectivity index (χ0v) is 13.7. The quantitative estimate of drug-likeness (QED) is 0.849. The van der Waals surface area contributed by atoms with Crippen LogP contribution in [0.4, 0.5) is 5.82 Å². The van der Waals surface area contributed by atoms with Crippen LogP contribution in [0.15, 0.2) is 34.9 Å². The third-order valence-corrected chi connectivity index (χ3v) is 4.97. The predicted molar refractivity (Wildman–Crippen MR) is 86.5 cm³/mol. The largest absolute Gasteiger partial charge is 0.309 e. The van der Waals surface area contributed by atoms with E-state index in [1.807, 2.05) is 24.3 Å². The van der Waals surface area contributed by atoms with Gasteiger partial charge in [0.2, 0.25) is 5.91 Å². The van der Waals surface area contributed by atoms with Crippen LogP contribution in [0.25, 0.3) is 0 Å². The Labute approximate surface area is 136 Å². The van der Waals surface area contributed by atoms with Gasteiger partial charge in [-0.2, -0.15) is 5.10 Å². The number of carbonyl (C=O) groups is 1. The molecule has 1 aliphatic carbocycles. The lowest BCUT2D eigenvalue weighted by atomic mass is 9.78. The van der Waals surface area contributed by atoms with Crippen LogP contribution in [0.3, 0.4) is 0 Å². The van der Waals surface area contributed by atoms with Gasteiger partial charge in [0.05, 0.1) is 16.1 Å². The molecule has 1 amide bonds. The highest BCUT2D eigenvalue weighted by Crippen LogP contribution is 2.42. The molecule has 4 nitrogen and oxygen atoms in total. The highest BCUT2D eigenvalue weighted by molar-refractivity contribution is 9.10. The number of amides is 1. The van der Waals surface area contributed by atoms with E-state index < -0.39 is 5.41 Å². The summed E-state index contributed by atoms with van der Waals surface area (Å²) in [6.45, 7) is 0. The van der Waals surface area contributed by atoms with E-state index in [4.69, 9.17) is 11.6 Å². The number of benzene rings is 1. The number of nitrogens with zero attached hydrogens (tertiary/aromatic N) is 1.